The third kappa shape index (κ3) is 0.654. The highest BCUT2D eigenvalue weighted by Crippen LogP contribution is 2.50. The van der Waals surface area contributed by atoms with Crippen molar-refractivity contribution in [2.75, 3.05) is 0 Å². The molecule has 0 N–H and O–H groups in total. The first-order valence-corrected chi connectivity index (χ1v) is 3.73. The second-order valence-electron chi connectivity index (χ2n) is 3.88. The molecule has 1 radical (unpaired) electrons. The SMILES string of the molecule is CC1(C)[CH]C2C=CC1C2. The summed E-state index contributed by atoms with van der Waals surface area (Å²) in [6.45, 7) is 4.67. The molecule has 0 aliphatic heterocycles. The minimum atomic E-state index is 0.499. The molecule has 0 amide bonds. The summed E-state index contributed by atoms with van der Waals surface area (Å²) >= 11 is 0. The highest BCUT2D eigenvalue weighted by molar-refractivity contribution is 5.21. The third-order valence-corrected chi connectivity index (χ3v) is 2.72. The highest BCUT2D eigenvalue weighted by atomic mass is 14.5. The maximum atomic E-state index is 2.48. The van der Waals surface area contributed by atoms with E-state index in [1.807, 2.05) is 0 Å². The highest BCUT2D eigenvalue weighted by Gasteiger charge is 2.41. The summed E-state index contributed by atoms with van der Waals surface area (Å²) in [5.41, 5.74) is 0.499. The predicted molar refractivity (Wildman–Crippen MR) is 38.8 cm³/mol. The molecule has 2 rings (SSSR count). The van der Waals surface area contributed by atoms with Crippen LogP contribution in [-0.4, -0.2) is 0 Å². The van der Waals surface area contributed by atoms with Gasteiger partial charge in [0.2, 0.25) is 0 Å². The minimum Gasteiger partial charge on any atom is -0.0848 e. The number of hydrogen-bond donors (Lipinski definition) is 0. The maximum Gasteiger partial charge on any atom is -0.0173 e. The smallest absolute Gasteiger partial charge is 0.0173 e. The van der Waals surface area contributed by atoms with Gasteiger partial charge >= 0.3 is 0 Å². The minimum absolute atomic E-state index is 0.499. The molecule has 49 valence electrons. The fourth-order valence-corrected chi connectivity index (χ4v) is 2.08. The standard InChI is InChI=1S/C9H13/c1-9(2)6-7-3-4-8(9)5-7/h3-4,6-8H,5H2,1-2H3. The maximum absolute atomic E-state index is 2.48. The van der Waals surface area contributed by atoms with Crippen molar-refractivity contribution in [3.8, 4) is 0 Å². The molecule has 0 aromatic carbocycles. The zero-order chi connectivity index (χ0) is 6.48. The topological polar surface area (TPSA) is 0 Å². The summed E-state index contributed by atoms with van der Waals surface area (Å²) in [6.07, 6.45) is 8.59. The van der Waals surface area contributed by atoms with Gasteiger partial charge in [0.1, 0.15) is 0 Å². The van der Waals surface area contributed by atoms with Crippen LogP contribution in [0.15, 0.2) is 12.2 Å². The summed E-state index contributed by atoms with van der Waals surface area (Å²) in [5.74, 6) is 1.66. The van der Waals surface area contributed by atoms with Crippen LogP contribution in [0, 0.1) is 23.7 Å². The molecule has 0 saturated heterocycles. The van der Waals surface area contributed by atoms with Gasteiger partial charge in [0.25, 0.3) is 0 Å². The van der Waals surface area contributed by atoms with Gasteiger partial charge < -0.3 is 0 Å². The molecule has 0 heteroatoms. The molecule has 1 saturated carbocycles. The Balaban J connectivity index is 2.29. The van der Waals surface area contributed by atoms with E-state index in [-0.39, 0.29) is 0 Å². The zero-order valence-corrected chi connectivity index (χ0v) is 6.09. The number of hydrogen-bond acceptors (Lipinski definition) is 0. The van der Waals surface area contributed by atoms with Crippen LogP contribution < -0.4 is 0 Å². The molecule has 0 aromatic heterocycles. The van der Waals surface area contributed by atoms with Crippen molar-refractivity contribution in [3.63, 3.8) is 0 Å². The summed E-state index contributed by atoms with van der Waals surface area (Å²) in [5, 5.41) is 0. The largest absolute Gasteiger partial charge is 0.0848 e. The molecule has 2 aliphatic rings. The number of fused-ring (bicyclic) bond motifs is 2. The Bertz CT molecular complexity index is 153. The molecule has 1 fully saturated rings. The van der Waals surface area contributed by atoms with Crippen molar-refractivity contribution in [2.24, 2.45) is 17.3 Å². The van der Waals surface area contributed by atoms with Gasteiger partial charge in [-0.05, 0) is 30.1 Å². The molecular weight excluding hydrogens is 108 g/mol. The van der Waals surface area contributed by atoms with Crippen LogP contribution >= 0.6 is 0 Å². The van der Waals surface area contributed by atoms with Gasteiger partial charge in [-0.2, -0.15) is 0 Å². The van der Waals surface area contributed by atoms with Gasteiger partial charge in [0.15, 0.2) is 0 Å². The predicted octanol–water partition coefficient (Wildman–Crippen LogP) is 2.42. The van der Waals surface area contributed by atoms with Gasteiger partial charge in [-0.1, -0.05) is 26.0 Å². The zero-order valence-electron chi connectivity index (χ0n) is 6.09. The van der Waals surface area contributed by atoms with Gasteiger partial charge in [0.05, 0.1) is 0 Å². The fraction of sp³-hybridized carbons (Fsp3) is 0.667. The van der Waals surface area contributed by atoms with E-state index in [9.17, 15) is 0 Å². The van der Waals surface area contributed by atoms with Crippen LogP contribution in [0.3, 0.4) is 0 Å². The second-order valence-corrected chi connectivity index (χ2v) is 3.88. The van der Waals surface area contributed by atoms with E-state index in [4.69, 9.17) is 0 Å². The first-order valence-electron chi connectivity index (χ1n) is 3.73. The summed E-state index contributed by atoms with van der Waals surface area (Å²) in [6, 6.07) is 0. The van der Waals surface area contributed by atoms with Crippen molar-refractivity contribution in [2.45, 2.75) is 20.3 Å². The molecule has 0 aromatic rings. The Labute approximate surface area is 57.0 Å². The molecule has 2 aliphatic carbocycles. The van der Waals surface area contributed by atoms with E-state index >= 15 is 0 Å². The first-order chi connectivity index (χ1) is 4.18. The first kappa shape index (κ1) is 5.52. The van der Waals surface area contributed by atoms with Crippen molar-refractivity contribution in [1.82, 2.24) is 0 Å². The van der Waals surface area contributed by atoms with Crippen LogP contribution in [0.5, 0.6) is 0 Å². The second kappa shape index (κ2) is 1.42. The molecule has 0 spiro atoms. The Morgan fingerprint density at radius 3 is 2.33 bits per heavy atom. The summed E-state index contributed by atoms with van der Waals surface area (Å²) in [7, 11) is 0. The monoisotopic (exact) mass is 121 g/mol. The van der Waals surface area contributed by atoms with Crippen molar-refractivity contribution < 1.29 is 0 Å². The quantitative estimate of drug-likeness (QED) is 0.432. The van der Waals surface area contributed by atoms with Crippen molar-refractivity contribution in [1.29, 1.82) is 0 Å². The Morgan fingerprint density at radius 1 is 1.33 bits per heavy atom. The Kier molecular flexibility index (Phi) is 0.870. The van der Waals surface area contributed by atoms with Crippen molar-refractivity contribution >= 4 is 0 Å². The lowest BCUT2D eigenvalue weighted by Gasteiger charge is -2.25. The summed E-state index contributed by atoms with van der Waals surface area (Å²) in [4.78, 5) is 0. The molecule has 0 nitrogen and oxygen atoms in total. The normalized spacial score (nSPS) is 44.2. The van der Waals surface area contributed by atoms with Crippen LogP contribution in [0.25, 0.3) is 0 Å². The average Bonchev–Trinajstić information content (AvgIpc) is 2.19. The Morgan fingerprint density at radius 2 is 2.11 bits per heavy atom. The van der Waals surface area contributed by atoms with E-state index in [0.717, 1.165) is 11.8 Å². The lowest BCUT2D eigenvalue weighted by Crippen LogP contribution is -2.17. The average molecular weight is 121 g/mol. The van der Waals surface area contributed by atoms with Crippen LogP contribution in [0.2, 0.25) is 0 Å². The molecule has 9 heavy (non-hydrogen) atoms. The van der Waals surface area contributed by atoms with Gasteiger partial charge in [-0.25, -0.2) is 0 Å². The number of allylic oxidation sites excluding steroid dienone is 2. The van der Waals surface area contributed by atoms with E-state index < -0.39 is 0 Å². The molecule has 2 unspecified atom stereocenters. The van der Waals surface area contributed by atoms with Gasteiger partial charge in [-0.15, -0.1) is 0 Å². The lowest BCUT2D eigenvalue weighted by atomic mass is 9.80. The Hall–Kier alpha value is -0.260. The van der Waals surface area contributed by atoms with E-state index in [2.05, 4.69) is 32.4 Å². The van der Waals surface area contributed by atoms with Gasteiger partial charge in [0, 0.05) is 0 Å². The summed E-state index contributed by atoms with van der Waals surface area (Å²) < 4.78 is 0. The van der Waals surface area contributed by atoms with E-state index in [1.54, 1.807) is 0 Å². The van der Waals surface area contributed by atoms with Crippen molar-refractivity contribution in [3.05, 3.63) is 18.6 Å². The van der Waals surface area contributed by atoms with Crippen LogP contribution in [0.1, 0.15) is 20.3 Å². The lowest BCUT2D eigenvalue weighted by molar-refractivity contribution is 0.363. The molecule has 2 atom stereocenters. The molecular formula is C9H13. The molecule has 0 heterocycles. The van der Waals surface area contributed by atoms with Crippen LogP contribution in [-0.2, 0) is 0 Å². The number of rotatable bonds is 0. The van der Waals surface area contributed by atoms with E-state index in [0.29, 0.717) is 5.41 Å². The van der Waals surface area contributed by atoms with Crippen LogP contribution in [0.4, 0.5) is 0 Å². The molecule has 2 bridgehead atoms. The van der Waals surface area contributed by atoms with Gasteiger partial charge in [-0.3, -0.25) is 0 Å². The van der Waals surface area contributed by atoms with E-state index in [1.165, 1.54) is 6.42 Å². The third-order valence-electron chi connectivity index (χ3n) is 2.72. The fourth-order valence-electron chi connectivity index (χ4n) is 2.08.